The second kappa shape index (κ2) is 5.22. The van der Waals surface area contributed by atoms with Crippen LogP contribution >= 0.6 is 34.8 Å². The summed E-state index contributed by atoms with van der Waals surface area (Å²) in [6, 6.07) is 9.58. The quantitative estimate of drug-likeness (QED) is 0.655. The van der Waals surface area contributed by atoms with Gasteiger partial charge in [-0.15, -0.1) is 0 Å². The highest BCUT2D eigenvalue weighted by Gasteiger charge is 2.32. The lowest BCUT2D eigenvalue weighted by atomic mass is 10.0. The number of rotatable bonds is 3. The summed E-state index contributed by atoms with van der Waals surface area (Å²) in [7, 11) is 0. The van der Waals surface area contributed by atoms with Gasteiger partial charge in [-0.1, -0.05) is 71.7 Å². The van der Waals surface area contributed by atoms with Gasteiger partial charge in [0.1, 0.15) is 6.10 Å². The van der Waals surface area contributed by atoms with E-state index in [4.69, 9.17) is 34.8 Å². The van der Waals surface area contributed by atoms with Crippen LogP contribution in [-0.4, -0.2) is 15.0 Å². The lowest BCUT2D eigenvalue weighted by molar-refractivity contribution is 0.213. The van der Waals surface area contributed by atoms with Gasteiger partial charge in [0.25, 0.3) is 0 Å². The lowest BCUT2D eigenvalue weighted by Gasteiger charge is -2.21. The summed E-state index contributed by atoms with van der Waals surface area (Å²) in [5, 5.41) is 9.62. The number of aliphatic hydroxyl groups excluding tert-OH is 1. The number of aliphatic hydroxyl groups is 1. The average Bonchev–Trinajstić information content (AvgIpc) is 2.16. The zero-order chi connectivity index (χ0) is 11.5. The standard InChI is InChI=1S/C11H11Cl3O/c1-8(10(15)11(12,13)14)7-9-5-3-2-4-6-9/h2-6,10,15H,1,7H2. The maximum atomic E-state index is 9.62. The second-order valence-electron chi connectivity index (χ2n) is 3.26. The topological polar surface area (TPSA) is 20.2 Å². The lowest BCUT2D eigenvalue weighted by Crippen LogP contribution is -2.27. The zero-order valence-electron chi connectivity index (χ0n) is 7.96. The van der Waals surface area contributed by atoms with E-state index in [0.717, 1.165) is 5.56 Å². The van der Waals surface area contributed by atoms with Crippen LogP contribution in [0.1, 0.15) is 5.56 Å². The van der Waals surface area contributed by atoms with Gasteiger partial charge in [-0.05, 0) is 17.6 Å². The molecule has 82 valence electrons. The normalized spacial score (nSPS) is 13.6. The Labute approximate surface area is 104 Å². The molecule has 0 saturated heterocycles. The van der Waals surface area contributed by atoms with Crippen LogP contribution in [0.15, 0.2) is 42.5 Å². The van der Waals surface area contributed by atoms with Gasteiger partial charge in [0.05, 0.1) is 0 Å². The van der Waals surface area contributed by atoms with Crippen molar-refractivity contribution in [2.75, 3.05) is 0 Å². The van der Waals surface area contributed by atoms with Crippen LogP contribution in [0.4, 0.5) is 0 Å². The summed E-state index contributed by atoms with van der Waals surface area (Å²) in [6.07, 6.45) is -0.654. The van der Waals surface area contributed by atoms with Crippen LogP contribution in [0.3, 0.4) is 0 Å². The Balaban J connectivity index is 2.65. The Kier molecular flexibility index (Phi) is 4.47. The van der Waals surface area contributed by atoms with Crippen LogP contribution in [0.5, 0.6) is 0 Å². The van der Waals surface area contributed by atoms with E-state index in [9.17, 15) is 5.11 Å². The summed E-state index contributed by atoms with van der Waals surface area (Å²) in [6.45, 7) is 3.71. The van der Waals surface area contributed by atoms with Crippen molar-refractivity contribution in [3.63, 3.8) is 0 Å². The summed E-state index contributed by atoms with van der Waals surface area (Å²) < 4.78 is -1.72. The van der Waals surface area contributed by atoms with Gasteiger partial charge in [0.15, 0.2) is 0 Å². The molecule has 1 unspecified atom stereocenters. The Bertz CT molecular complexity index is 329. The molecule has 0 amide bonds. The third kappa shape index (κ3) is 4.04. The first-order valence-electron chi connectivity index (χ1n) is 4.37. The Morgan fingerprint density at radius 2 is 1.80 bits per heavy atom. The molecule has 1 atom stereocenters. The Morgan fingerprint density at radius 1 is 1.27 bits per heavy atom. The van der Waals surface area contributed by atoms with E-state index >= 15 is 0 Å². The number of halogens is 3. The van der Waals surface area contributed by atoms with Crippen LogP contribution in [0.25, 0.3) is 0 Å². The van der Waals surface area contributed by atoms with Gasteiger partial charge in [0, 0.05) is 0 Å². The zero-order valence-corrected chi connectivity index (χ0v) is 10.2. The molecule has 0 fully saturated rings. The predicted molar refractivity (Wildman–Crippen MR) is 65.6 cm³/mol. The van der Waals surface area contributed by atoms with Crippen molar-refractivity contribution < 1.29 is 5.11 Å². The van der Waals surface area contributed by atoms with E-state index in [1.54, 1.807) is 0 Å². The van der Waals surface area contributed by atoms with E-state index in [1.165, 1.54) is 0 Å². The molecular weight excluding hydrogens is 254 g/mol. The molecule has 0 bridgehead atoms. The van der Waals surface area contributed by atoms with Gasteiger partial charge in [-0.3, -0.25) is 0 Å². The van der Waals surface area contributed by atoms with Crippen molar-refractivity contribution in [1.82, 2.24) is 0 Å². The molecule has 0 heterocycles. The largest absolute Gasteiger partial charge is 0.384 e. The first-order chi connectivity index (χ1) is 6.91. The number of hydrogen-bond donors (Lipinski definition) is 1. The molecular formula is C11H11Cl3O. The fourth-order valence-electron chi connectivity index (χ4n) is 1.19. The minimum Gasteiger partial charge on any atom is -0.384 e. The third-order valence-corrected chi connectivity index (χ3v) is 2.59. The smallest absolute Gasteiger partial charge is 0.219 e. The van der Waals surface area contributed by atoms with Gasteiger partial charge in [0.2, 0.25) is 3.79 Å². The van der Waals surface area contributed by atoms with Gasteiger partial charge in [-0.2, -0.15) is 0 Å². The molecule has 0 saturated carbocycles. The molecule has 1 aromatic carbocycles. The fraction of sp³-hybridized carbons (Fsp3) is 0.273. The maximum absolute atomic E-state index is 9.62. The van der Waals surface area contributed by atoms with Gasteiger partial charge >= 0.3 is 0 Å². The monoisotopic (exact) mass is 264 g/mol. The minimum atomic E-state index is -1.72. The fourth-order valence-corrected chi connectivity index (χ4v) is 1.65. The Morgan fingerprint density at radius 3 is 2.27 bits per heavy atom. The van der Waals surface area contributed by atoms with Gasteiger partial charge in [-0.25, -0.2) is 0 Å². The summed E-state index contributed by atoms with van der Waals surface area (Å²) in [5.74, 6) is 0. The summed E-state index contributed by atoms with van der Waals surface area (Å²) >= 11 is 16.7. The average molecular weight is 266 g/mol. The van der Waals surface area contributed by atoms with Crippen molar-refractivity contribution in [3.8, 4) is 0 Å². The molecule has 0 radical (unpaired) electrons. The summed E-state index contributed by atoms with van der Waals surface area (Å²) in [5.41, 5.74) is 1.51. The van der Waals surface area contributed by atoms with Crippen molar-refractivity contribution in [2.24, 2.45) is 0 Å². The first kappa shape index (κ1) is 12.9. The van der Waals surface area contributed by atoms with E-state index in [-0.39, 0.29) is 0 Å². The molecule has 1 nitrogen and oxygen atoms in total. The predicted octanol–water partition coefficient (Wildman–Crippen LogP) is 3.52. The molecule has 0 aliphatic rings. The van der Waals surface area contributed by atoms with Crippen molar-refractivity contribution in [2.45, 2.75) is 16.3 Å². The third-order valence-electron chi connectivity index (χ3n) is 1.97. The molecule has 0 aromatic heterocycles. The van der Waals surface area contributed by atoms with E-state index < -0.39 is 9.90 Å². The number of alkyl halides is 3. The highest BCUT2D eigenvalue weighted by Crippen LogP contribution is 2.34. The number of benzene rings is 1. The molecule has 0 spiro atoms. The minimum absolute atomic E-state index is 0.487. The van der Waals surface area contributed by atoms with Crippen LogP contribution in [0.2, 0.25) is 0 Å². The Hall–Kier alpha value is -0.210. The highest BCUT2D eigenvalue weighted by molar-refractivity contribution is 6.68. The number of hydrogen-bond acceptors (Lipinski definition) is 1. The molecule has 0 aliphatic carbocycles. The van der Waals surface area contributed by atoms with Gasteiger partial charge < -0.3 is 5.11 Å². The first-order valence-corrected chi connectivity index (χ1v) is 5.51. The van der Waals surface area contributed by atoms with E-state index in [1.807, 2.05) is 30.3 Å². The van der Waals surface area contributed by atoms with Crippen LogP contribution in [-0.2, 0) is 6.42 Å². The highest BCUT2D eigenvalue weighted by atomic mass is 35.6. The van der Waals surface area contributed by atoms with E-state index in [2.05, 4.69) is 6.58 Å². The van der Waals surface area contributed by atoms with E-state index in [0.29, 0.717) is 12.0 Å². The second-order valence-corrected chi connectivity index (χ2v) is 5.63. The molecule has 1 rings (SSSR count). The molecule has 1 N–H and O–H groups in total. The maximum Gasteiger partial charge on any atom is 0.219 e. The molecule has 15 heavy (non-hydrogen) atoms. The SMILES string of the molecule is C=C(Cc1ccccc1)C(O)C(Cl)(Cl)Cl. The van der Waals surface area contributed by atoms with Crippen molar-refractivity contribution >= 4 is 34.8 Å². The molecule has 0 aliphatic heterocycles. The van der Waals surface area contributed by atoms with Crippen molar-refractivity contribution in [3.05, 3.63) is 48.0 Å². The van der Waals surface area contributed by atoms with Crippen LogP contribution in [0, 0.1) is 0 Å². The molecule has 1 aromatic rings. The summed E-state index contributed by atoms with van der Waals surface area (Å²) in [4.78, 5) is 0. The van der Waals surface area contributed by atoms with Crippen molar-refractivity contribution in [1.29, 1.82) is 0 Å². The van der Waals surface area contributed by atoms with Crippen LogP contribution < -0.4 is 0 Å². The molecule has 4 heteroatoms.